The van der Waals surface area contributed by atoms with Gasteiger partial charge in [-0.25, -0.2) is 0 Å². The second-order valence-corrected chi connectivity index (χ2v) is 7.66. The van der Waals surface area contributed by atoms with Gasteiger partial charge in [-0.1, -0.05) is 53.7 Å². The number of halogens is 1. The van der Waals surface area contributed by atoms with Crippen LogP contribution in [0.25, 0.3) is 5.69 Å². The third-order valence-corrected chi connectivity index (χ3v) is 5.41. The molecule has 2 aromatic carbocycles. The van der Waals surface area contributed by atoms with Gasteiger partial charge in [0.15, 0.2) is 5.16 Å². The molecule has 1 N–H and O–H groups in total. The number of carbonyl (C=O) groups excluding carboxylic acids is 1. The highest BCUT2D eigenvalue weighted by Gasteiger charge is 2.16. The van der Waals surface area contributed by atoms with Crippen LogP contribution in [0.3, 0.4) is 0 Å². The van der Waals surface area contributed by atoms with Crippen LogP contribution in [0.1, 0.15) is 29.9 Å². The minimum Gasteiger partial charge on any atom is -0.349 e. The SMILES string of the molecule is Cc1ccccc1-n1c(C)nnc1SCC(=O)NC(C)c1ccc(Cl)cc1. The van der Waals surface area contributed by atoms with Gasteiger partial charge in [-0.05, 0) is 50.1 Å². The molecule has 3 rings (SSSR count). The van der Waals surface area contributed by atoms with Gasteiger partial charge in [0.2, 0.25) is 5.91 Å². The zero-order valence-corrected chi connectivity index (χ0v) is 17.0. The number of hydrogen-bond acceptors (Lipinski definition) is 4. The molecule has 0 bridgehead atoms. The highest BCUT2D eigenvalue weighted by Crippen LogP contribution is 2.24. The van der Waals surface area contributed by atoms with E-state index in [9.17, 15) is 4.79 Å². The van der Waals surface area contributed by atoms with E-state index in [0.29, 0.717) is 10.2 Å². The Morgan fingerprint density at radius 1 is 1.15 bits per heavy atom. The first-order valence-electron chi connectivity index (χ1n) is 8.61. The number of nitrogens with one attached hydrogen (secondary N) is 1. The molecule has 0 aliphatic carbocycles. The average molecular weight is 401 g/mol. The van der Waals surface area contributed by atoms with Crippen molar-refractivity contribution in [2.75, 3.05) is 5.75 Å². The number of rotatable bonds is 6. The molecule has 0 aliphatic rings. The van der Waals surface area contributed by atoms with Crippen LogP contribution in [-0.2, 0) is 4.79 Å². The Labute approximate surface area is 168 Å². The van der Waals surface area contributed by atoms with Crippen molar-refractivity contribution in [2.24, 2.45) is 0 Å². The lowest BCUT2D eigenvalue weighted by Crippen LogP contribution is -2.28. The van der Waals surface area contributed by atoms with Gasteiger partial charge < -0.3 is 5.32 Å². The Morgan fingerprint density at radius 3 is 2.56 bits per heavy atom. The van der Waals surface area contributed by atoms with Crippen LogP contribution >= 0.6 is 23.4 Å². The van der Waals surface area contributed by atoms with Crippen molar-refractivity contribution in [3.05, 3.63) is 70.5 Å². The Bertz CT molecular complexity index is 939. The van der Waals surface area contributed by atoms with E-state index in [0.717, 1.165) is 22.6 Å². The molecule has 5 nitrogen and oxygen atoms in total. The highest BCUT2D eigenvalue weighted by atomic mass is 35.5. The maximum atomic E-state index is 12.4. The van der Waals surface area contributed by atoms with Crippen molar-refractivity contribution in [3.63, 3.8) is 0 Å². The van der Waals surface area contributed by atoms with E-state index < -0.39 is 0 Å². The Balaban J connectivity index is 1.66. The lowest BCUT2D eigenvalue weighted by molar-refractivity contribution is -0.119. The van der Waals surface area contributed by atoms with Crippen LogP contribution in [-0.4, -0.2) is 26.4 Å². The molecule has 0 fully saturated rings. The van der Waals surface area contributed by atoms with Gasteiger partial charge in [-0.3, -0.25) is 9.36 Å². The van der Waals surface area contributed by atoms with Crippen LogP contribution < -0.4 is 5.32 Å². The van der Waals surface area contributed by atoms with Gasteiger partial charge in [-0.2, -0.15) is 0 Å². The smallest absolute Gasteiger partial charge is 0.230 e. The van der Waals surface area contributed by atoms with Gasteiger partial charge in [0, 0.05) is 5.02 Å². The number of amides is 1. The van der Waals surface area contributed by atoms with Crippen molar-refractivity contribution in [3.8, 4) is 5.69 Å². The first kappa shape index (κ1) is 19.5. The Kier molecular flexibility index (Phi) is 6.19. The van der Waals surface area contributed by atoms with E-state index in [1.807, 2.05) is 73.9 Å². The predicted octanol–water partition coefficient (Wildman–Crippen LogP) is 4.51. The number of para-hydroxylation sites is 1. The van der Waals surface area contributed by atoms with Gasteiger partial charge in [0.1, 0.15) is 5.82 Å². The van der Waals surface area contributed by atoms with Gasteiger partial charge in [0.05, 0.1) is 17.5 Å². The van der Waals surface area contributed by atoms with Crippen molar-refractivity contribution in [2.45, 2.75) is 32.0 Å². The minimum atomic E-state index is -0.0914. The molecule has 0 saturated carbocycles. The van der Waals surface area contributed by atoms with Gasteiger partial charge in [-0.15, -0.1) is 10.2 Å². The molecule has 1 atom stereocenters. The van der Waals surface area contributed by atoms with E-state index in [1.54, 1.807) is 0 Å². The summed E-state index contributed by atoms with van der Waals surface area (Å²) in [5.74, 6) is 1.00. The predicted molar refractivity (Wildman–Crippen MR) is 110 cm³/mol. The number of thioether (sulfide) groups is 1. The van der Waals surface area contributed by atoms with Crippen molar-refractivity contribution >= 4 is 29.3 Å². The number of aryl methyl sites for hydroxylation is 2. The normalized spacial score (nSPS) is 12.0. The second-order valence-electron chi connectivity index (χ2n) is 6.28. The third-order valence-electron chi connectivity index (χ3n) is 4.23. The lowest BCUT2D eigenvalue weighted by atomic mass is 10.1. The molecule has 1 heterocycles. The molecular formula is C20H21ClN4OS. The maximum absolute atomic E-state index is 12.4. The summed E-state index contributed by atoms with van der Waals surface area (Å²) >= 11 is 7.29. The molecule has 140 valence electrons. The van der Waals surface area contributed by atoms with Crippen molar-refractivity contribution in [1.82, 2.24) is 20.1 Å². The summed E-state index contributed by atoms with van der Waals surface area (Å²) in [6, 6.07) is 15.4. The molecule has 0 radical (unpaired) electrons. The minimum absolute atomic E-state index is 0.0561. The molecule has 1 unspecified atom stereocenters. The maximum Gasteiger partial charge on any atom is 0.230 e. The van der Waals surface area contributed by atoms with E-state index in [-0.39, 0.29) is 17.7 Å². The standard InChI is InChI=1S/C20H21ClN4OS/c1-13-6-4-5-7-18(13)25-15(3)23-24-20(25)27-12-19(26)22-14(2)16-8-10-17(21)11-9-16/h4-11,14H,12H2,1-3H3,(H,22,26). The van der Waals surface area contributed by atoms with Crippen molar-refractivity contribution < 1.29 is 4.79 Å². The fourth-order valence-electron chi connectivity index (χ4n) is 2.78. The molecule has 27 heavy (non-hydrogen) atoms. The third kappa shape index (κ3) is 4.70. The Hall–Kier alpha value is -2.31. The van der Waals surface area contributed by atoms with Gasteiger partial charge >= 0.3 is 0 Å². The topological polar surface area (TPSA) is 59.8 Å². The molecule has 0 spiro atoms. The fraction of sp³-hybridized carbons (Fsp3) is 0.250. The van der Waals surface area contributed by atoms with Crippen LogP contribution in [0.2, 0.25) is 5.02 Å². The first-order valence-corrected chi connectivity index (χ1v) is 9.97. The lowest BCUT2D eigenvalue weighted by Gasteiger charge is -2.15. The summed E-state index contributed by atoms with van der Waals surface area (Å²) in [4.78, 5) is 12.4. The zero-order chi connectivity index (χ0) is 19.4. The summed E-state index contributed by atoms with van der Waals surface area (Å²) in [5, 5.41) is 12.8. The number of aromatic nitrogens is 3. The van der Waals surface area contributed by atoms with Crippen LogP contribution in [0.5, 0.6) is 0 Å². The molecule has 7 heteroatoms. The van der Waals surface area contributed by atoms with Crippen LogP contribution in [0.4, 0.5) is 0 Å². The van der Waals surface area contributed by atoms with E-state index in [4.69, 9.17) is 11.6 Å². The summed E-state index contributed by atoms with van der Waals surface area (Å²) in [7, 11) is 0. The van der Waals surface area contributed by atoms with E-state index in [2.05, 4.69) is 15.5 Å². The summed E-state index contributed by atoms with van der Waals surface area (Å²) in [6.07, 6.45) is 0. The molecule has 3 aromatic rings. The van der Waals surface area contributed by atoms with Crippen molar-refractivity contribution in [1.29, 1.82) is 0 Å². The molecule has 0 saturated heterocycles. The first-order chi connectivity index (χ1) is 13.0. The van der Waals surface area contributed by atoms with E-state index >= 15 is 0 Å². The summed E-state index contributed by atoms with van der Waals surface area (Å²) in [6.45, 7) is 5.90. The van der Waals surface area contributed by atoms with Gasteiger partial charge in [0.25, 0.3) is 0 Å². The number of hydrogen-bond donors (Lipinski definition) is 1. The number of benzene rings is 2. The summed E-state index contributed by atoms with van der Waals surface area (Å²) < 4.78 is 1.98. The largest absolute Gasteiger partial charge is 0.349 e. The summed E-state index contributed by atoms with van der Waals surface area (Å²) in [5.41, 5.74) is 3.16. The molecular weight excluding hydrogens is 380 g/mol. The van der Waals surface area contributed by atoms with Crippen LogP contribution in [0, 0.1) is 13.8 Å². The highest BCUT2D eigenvalue weighted by molar-refractivity contribution is 7.99. The molecule has 1 amide bonds. The van der Waals surface area contributed by atoms with E-state index in [1.165, 1.54) is 11.8 Å². The second kappa shape index (κ2) is 8.59. The average Bonchev–Trinajstić information content (AvgIpc) is 3.01. The molecule has 1 aromatic heterocycles. The fourth-order valence-corrected chi connectivity index (χ4v) is 3.70. The number of nitrogens with zero attached hydrogens (tertiary/aromatic N) is 3. The quantitative estimate of drug-likeness (QED) is 0.618. The molecule has 0 aliphatic heterocycles. The number of carbonyl (C=O) groups is 1. The van der Waals surface area contributed by atoms with Crippen LogP contribution in [0.15, 0.2) is 53.7 Å². The zero-order valence-electron chi connectivity index (χ0n) is 15.4. The Morgan fingerprint density at radius 2 is 1.85 bits per heavy atom. The monoisotopic (exact) mass is 400 g/mol.